The average molecular weight is 443 g/mol. The molecule has 4 N–H and O–H groups in total. The Hall–Kier alpha value is -1.88. The summed E-state index contributed by atoms with van der Waals surface area (Å²) in [6.07, 6.45) is 10.5. The van der Waals surface area contributed by atoms with E-state index < -0.39 is 5.97 Å². The molecular weight excluding hydrogens is 400 g/mol. The minimum absolute atomic E-state index is 0.0828. The standard InChI is InChI=1S/C27H42N2O3/c1-4-27(5-2)23-17-21(25(28)30)12-11-20(23)15-18(3)24(27)29-14-13-22(26(31)32)16-19-9-7-6-8-10-19/h11-12,17-19,22,24,29H,4-10,13-16H2,1-3H3,(H2,28,30)(H,31,32)/t18-,22+,24+/m0/s1. The first-order valence-corrected chi connectivity index (χ1v) is 12.7. The predicted molar refractivity (Wildman–Crippen MR) is 129 cm³/mol. The van der Waals surface area contributed by atoms with E-state index in [1.54, 1.807) is 0 Å². The molecule has 178 valence electrons. The lowest BCUT2D eigenvalue weighted by atomic mass is 9.60. The van der Waals surface area contributed by atoms with Gasteiger partial charge in [-0.2, -0.15) is 0 Å². The molecule has 5 nitrogen and oxygen atoms in total. The highest BCUT2D eigenvalue weighted by Gasteiger charge is 2.45. The van der Waals surface area contributed by atoms with Crippen LogP contribution in [-0.2, 0) is 16.6 Å². The Morgan fingerprint density at radius 1 is 1.19 bits per heavy atom. The number of primary amides is 1. The monoisotopic (exact) mass is 442 g/mol. The fraction of sp³-hybridized carbons (Fsp3) is 0.704. The Morgan fingerprint density at radius 2 is 1.88 bits per heavy atom. The Morgan fingerprint density at radius 3 is 2.47 bits per heavy atom. The summed E-state index contributed by atoms with van der Waals surface area (Å²) in [5, 5.41) is 13.6. The lowest BCUT2D eigenvalue weighted by molar-refractivity contribution is -0.142. The molecule has 1 saturated carbocycles. The van der Waals surface area contributed by atoms with E-state index in [1.165, 1.54) is 43.2 Å². The van der Waals surface area contributed by atoms with E-state index >= 15 is 0 Å². The van der Waals surface area contributed by atoms with E-state index in [4.69, 9.17) is 5.73 Å². The molecule has 1 fully saturated rings. The van der Waals surface area contributed by atoms with Crippen molar-refractivity contribution in [1.82, 2.24) is 5.32 Å². The van der Waals surface area contributed by atoms with Crippen LogP contribution < -0.4 is 11.1 Å². The van der Waals surface area contributed by atoms with Gasteiger partial charge in [0.1, 0.15) is 0 Å². The number of benzene rings is 1. The summed E-state index contributed by atoms with van der Waals surface area (Å²) >= 11 is 0. The summed E-state index contributed by atoms with van der Waals surface area (Å²) in [6, 6.07) is 6.18. The van der Waals surface area contributed by atoms with Crippen LogP contribution in [0, 0.1) is 17.8 Å². The quantitative estimate of drug-likeness (QED) is 0.472. The molecular formula is C27H42N2O3. The SMILES string of the molecule is CCC1(CC)c2cc(C(N)=O)ccc2C[C@H](C)[C@H]1NCC[C@H](CC1CCCCC1)C(=O)O. The van der Waals surface area contributed by atoms with Crippen molar-refractivity contribution in [3.63, 3.8) is 0 Å². The first-order chi connectivity index (χ1) is 15.3. The zero-order valence-corrected chi connectivity index (χ0v) is 20.2. The number of carboxylic acid groups (broad SMARTS) is 1. The van der Waals surface area contributed by atoms with E-state index in [2.05, 4.69) is 32.2 Å². The van der Waals surface area contributed by atoms with Gasteiger partial charge in [0, 0.05) is 17.0 Å². The lowest BCUT2D eigenvalue weighted by Crippen LogP contribution is -2.55. The normalized spacial score (nSPS) is 24.0. The number of carbonyl (C=O) groups is 2. The largest absolute Gasteiger partial charge is 0.481 e. The van der Waals surface area contributed by atoms with Crippen molar-refractivity contribution in [1.29, 1.82) is 0 Å². The summed E-state index contributed by atoms with van der Waals surface area (Å²) in [6.45, 7) is 7.45. The van der Waals surface area contributed by atoms with Crippen molar-refractivity contribution in [3.05, 3.63) is 34.9 Å². The van der Waals surface area contributed by atoms with Crippen LogP contribution in [0.25, 0.3) is 0 Å². The Balaban J connectivity index is 1.74. The van der Waals surface area contributed by atoms with Gasteiger partial charge in [0.05, 0.1) is 5.92 Å². The molecule has 2 aliphatic carbocycles. The maximum Gasteiger partial charge on any atom is 0.306 e. The molecule has 0 bridgehead atoms. The van der Waals surface area contributed by atoms with E-state index in [0.29, 0.717) is 30.4 Å². The smallest absolute Gasteiger partial charge is 0.306 e. The summed E-state index contributed by atoms with van der Waals surface area (Å²) < 4.78 is 0. The van der Waals surface area contributed by atoms with Crippen molar-refractivity contribution < 1.29 is 14.7 Å². The maximum atomic E-state index is 12.0. The Labute approximate surface area is 193 Å². The van der Waals surface area contributed by atoms with Crippen molar-refractivity contribution in [2.24, 2.45) is 23.5 Å². The second-order valence-corrected chi connectivity index (χ2v) is 10.3. The summed E-state index contributed by atoms with van der Waals surface area (Å²) in [7, 11) is 0. The molecule has 0 aliphatic heterocycles. The molecule has 0 radical (unpaired) electrons. The van der Waals surface area contributed by atoms with Gasteiger partial charge in [-0.1, -0.05) is 58.9 Å². The first-order valence-electron chi connectivity index (χ1n) is 12.7. The van der Waals surface area contributed by atoms with Crippen LogP contribution >= 0.6 is 0 Å². The molecule has 1 aromatic rings. The molecule has 3 atom stereocenters. The van der Waals surface area contributed by atoms with E-state index in [1.807, 2.05) is 12.1 Å². The molecule has 0 spiro atoms. The summed E-state index contributed by atoms with van der Waals surface area (Å²) in [5.74, 6) is -0.297. The van der Waals surface area contributed by atoms with Gasteiger partial charge < -0.3 is 16.2 Å². The van der Waals surface area contributed by atoms with Crippen LogP contribution in [0.2, 0.25) is 0 Å². The van der Waals surface area contributed by atoms with Gasteiger partial charge in [0.25, 0.3) is 0 Å². The van der Waals surface area contributed by atoms with E-state index in [-0.39, 0.29) is 23.3 Å². The number of hydrogen-bond acceptors (Lipinski definition) is 3. The van der Waals surface area contributed by atoms with E-state index in [9.17, 15) is 14.7 Å². The Kier molecular flexibility index (Phi) is 8.37. The molecule has 5 heteroatoms. The third-order valence-electron chi connectivity index (χ3n) is 8.45. The van der Waals surface area contributed by atoms with E-state index in [0.717, 1.165) is 25.7 Å². The number of nitrogens with one attached hydrogen (secondary N) is 1. The number of fused-ring (bicyclic) bond motifs is 1. The van der Waals surface area contributed by atoms with Crippen LogP contribution in [0.4, 0.5) is 0 Å². The fourth-order valence-corrected chi connectivity index (χ4v) is 6.60. The predicted octanol–water partition coefficient (Wildman–Crippen LogP) is 5.06. The second kappa shape index (κ2) is 10.8. The number of carbonyl (C=O) groups excluding carboxylic acids is 1. The second-order valence-electron chi connectivity index (χ2n) is 10.3. The van der Waals surface area contributed by atoms with Crippen molar-refractivity contribution >= 4 is 11.9 Å². The van der Waals surface area contributed by atoms with Gasteiger partial charge in [-0.3, -0.25) is 9.59 Å². The fourth-order valence-electron chi connectivity index (χ4n) is 6.60. The number of hydrogen-bond donors (Lipinski definition) is 3. The van der Waals surface area contributed by atoms with Crippen molar-refractivity contribution in [2.75, 3.05) is 6.54 Å². The molecule has 0 saturated heterocycles. The van der Waals surface area contributed by atoms with Gasteiger partial charge in [-0.25, -0.2) is 0 Å². The van der Waals surface area contributed by atoms with Crippen LogP contribution in [0.1, 0.15) is 100 Å². The molecule has 1 aromatic carbocycles. The Bertz CT molecular complexity index is 796. The van der Waals surface area contributed by atoms with Crippen LogP contribution in [0.15, 0.2) is 18.2 Å². The number of carboxylic acids is 1. The molecule has 1 amide bonds. The zero-order chi connectivity index (χ0) is 23.3. The highest BCUT2D eigenvalue weighted by molar-refractivity contribution is 5.93. The molecule has 0 heterocycles. The molecule has 3 rings (SSSR count). The highest BCUT2D eigenvalue weighted by Crippen LogP contribution is 2.45. The lowest BCUT2D eigenvalue weighted by Gasteiger charge is -2.49. The van der Waals surface area contributed by atoms with Gasteiger partial charge in [-0.05, 0) is 73.7 Å². The van der Waals surface area contributed by atoms with Crippen LogP contribution in [0.3, 0.4) is 0 Å². The van der Waals surface area contributed by atoms with Crippen molar-refractivity contribution in [2.45, 2.75) is 96.4 Å². The van der Waals surface area contributed by atoms with Gasteiger partial charge >= 0.3 is 5.97 Å². The first kappa shape index (κ1) is 24.8. The van der Waals surface area contributed by atoms with Gasteiger partial charge in [0.15, 0.2) is 0 Å². The van der Waals surface area contributed by atoms with Crippen LogP contribution in [-0.4, -0.2) is 29.6 Å². The van der Waals surface area contributed by atoms with Crippen LogP contribution in [0.5, 0.6) is 0 Å². The molecule has 0 unspecified atom stereocenters. The number of nitrogens with two attached hydrogens (primary N) is 1. The topological polar surface area (TPSA) is 92.4 Å². The number of rotatable bonds is 10. The molecule has 0 aromatic heterocycles. The minimum atomic E-state index is -0.650. The maximum absolute atomic E-state index is 12.0. The summed E-state index contributed by atoms with van der Waals surface area (Å²) in [5.41, 5.74) is 8.63. The van der Waals surface area contributed by atoms with Crippen molar-refractivity contribution in [3.8, 4) is 0 Å². The third-order valence-corrected chi connectivity index (χ3v) is 8.45. The molecule has 2 aliphatic rings. The summed E-state index contributed by atoms with van der Waals surface area (Å²) in [4.78, 5) is 23.8. The zero-order valence-electron chi connectivity index (χ0n) is 20.2. The van der Waals surface area contributed by atoms with Gasteiger partial charge in [0.2, 0.25) is 5.91 Å². The highest BCUT2D eigenvalue weighted by atomic mass is 16.4. The average Bonchev–Trinajstić information content (AvgIpc) is 2.79. The molecule has 32 heavy (non-hydrogen) atoms. The number of amides is 1. The van der Waals surface area contributed by atoms with Gasteiger partial charge in [-0.15, -0.1) is 0 Å². The third kappa shape index (κ3) is 5.19. The number of aliphatic carboxylic acids is 1. The minimum Gasteiger partial charge on any atom is -0.481 e.